The van der Waals surface area contributed by atoms with E-state index in [-0.39, 0.29) is 24.8 Å². The Bertz CT molecular complexity index is 448. The second-order valence-corrected chi connectivity index (χ2v) is 6.91. The summed E-state index contributed by atoms with van der Waals surface area (Å²) in [6, 6.07) is -0.660. The molecule has 110 valence electrons. The predicted molar refractivity (Wildman–Crippen MR) is 69.0 cm³/mol. The quantitative estimate of drug-likeness (QED) is 0.695. The molecule has 1 aliphatic rings. The number of carboxylic acids is 1. The number of carbonyl (C=O) groups excluding carboxylic acids is 1. The average Bonchev–Trinajstić information content (AvgIpc) is 2.73. The minimum absolute atomic E-state index is 0.0270. The minimum atomic E-state index is -3.38. The van der Waals surface area contributed by atoms with Crippen molar-refractivity contribution >= 4 is 21.9 Å². The van der Waals surface area contributed by atoms with Crippen molar-refractivity contribution in [2.45, 2.75) is 32.2 Å². The van der Waals surface area contributed by atoms with Gasteiger partial charge >= 0.3 is 5.97 Å². The highest BCUT2D eigenvalue weighted by molar-refractivity contribution is 7.88. The maximum absolute atomic E-state index is 11.9. The molecule has 1 rings (SSSR count). The van der Waals surface area contributed by atoms with Gasteiger partial charge in [-0.1, -0.05) is 6.92 Å². The molecule has 0 aromatic heterocycles. The first-order valence-corrected chi connectivity index (χ1v) is 8.03. The lowest BCUT2D eigenvalue weighted by Crippen LogP contribution is -2.46. The van der Waals surface area contributed by atoms with Crippen LogP contribution in [0.3, 0.4) is 0 Å². The number of carbonyl (C=O) groups is 2. The van der Waals surface area contributed by atoms with Crippen LogP contribution < -0.4 is 5.32 Å². The molecule has 8 heteroatoms. The van der Waals surface area contributed by atoms with E-state index in [1.54, 1.807) is 6.92 Å². The van der Waals surface area contributed by atoms with E-state index in [2.05, 4.69) is 5.32 Å². The Morgan fingerprint density at radius 2 is 2.11 bits per heavy atom. The van der Waals surface area contributed by atoms with E-state index in [0.717, 1.165) is 6.26 Å². The van der Waals surface area contributed by atoms with Crippen molar-refractivity contribution in [3.63, 3.8) is 0 Å². The van der Waals surface area contributed by atoms with Crippen molar-refractivity contribution < 1.29 is 23.1 Å². The molecule has 1 saturated heterocycles. The molecule has 0 aromatic carbocycles. The Labute approximate surface area is 113 Å². The maximum Gasteiger partial charge on any atom is 0.303 e. The van der Waals surface area contributed by atoms with Crippen LogP contribution >= 0.6 is 0 Å². The molecule has 2 atom stereocenters. The number of nitrogens with zero attached hydrogens (tertiary/aromatic N) is 1. The van der Waals surface area contributed by atoms with Crippen LogP contribution in [-0.2, 0) is 19.6 Å². The largest absolute Gasteiger partial charge is 0.481 e. The fourth-order valence-corrected chi connectivity index (χ4v) is 3.29. The van der Waals surface area contributed by atoms with E-state index >= 15 is 0 Å². The van der Waals surface area contributed by atoms with Gasteiger partial charge < -0.3 is 10.4 Å². The highest BCUT2D eigenvalue weighted by Gasteiger charge is 2.36. The second kappa shape index (κ2) is 6.33. The third kappa shape index (κ3) is 4.79. The number of hydrogen-bond donors (Lipinski definition) is 2. The average molecular weight is 292 g/mol. The van der Waals surface area contributed by atoms with E-state index in [1.807, 2.05) is 0 Å². The van der Waals surface area contributed by atoms with Crippen LogP contribution in [0.5, 0.6) is 0 Å². The summed E-state index contributed by atoms with van der Waals surface area (Å²) in [6.07, 6.45) is 2.23. The van der Waals surface area contributed by atoms with Gasteiger partial charge in [-0.05, 0) is 18.8 Å². The lowest BCUT2D eigenvalue weighted by atomic mass is 10.1. The monoisotopic (exact) mass is 292 g/mol. The minimum Gasteiger partial charge on any atom is -0.481 e. The van der Waals surface area contributed by atoms with Gasteiger partial charge in [0.2, 0.25) is 15.9 Å². The lowest BCUT2D eigenvalue weighted by Gasteiger charge is -2.22. The Kier molecular flexibility index (Phi) is 5.30. The smallest absolute Gasteiger partial charge is 0.303 e. The molecule has 1 heterocycles. The Morgan fingerprint density at radius 3 is 2.63 bits per heavy atom. The van der Waals surface area contributed by atoms with Gasteiger partial charge in [0.15, 0.2) is 0 Å². The van der Waals surface area contributed by atoms with E-state index in [4.69, 9.17) is 5.11 Å². The van der Waals surface area contributed by atoms with Gasteiger partial charge in [0.1, 0.15) is 6.04 Å². The molecular formula is C11H20N2O5S. The van der Waals surface area contributed by atoms with Gasteiger partial charge in [0, 0.05) is 19.5 Å². The third-order valence-electron chi connectivity index (χ3n) is 3.08. The van der Waals surface area contributed by atoms with Crippen molar-refractivity contribution in [1.82, 2.24) is 9.62 Å². The molecule has 0 unspecified atom stereocenters. The Hall–Kier alpha value is -1.15. The van der Waals surface area contributed by atoms with Gasteiger partial charge in [-0.2, -0.15) is 4.31 Å². The van der Waals surface area contributed by atoms with E-state index in [1.165, 1.54) is 4.31 Å². The molecule has 1 aliphatic heterocycles. The molecule has 0 radical (unpaired) electrons. The van der Waals surface area contributed by atoms with E-state index in [9.17, 15) is 18.0 Å². The number of sulfonamides is 1. The standard InChI is InChI=1S/C11H20N2O5S/c1-8(6-10(14)15)7-12-11(16)9-4-3-5-13(9)19(2,17)18/h8-9H,3-7H2,1-2H3,(H,12,16)(H,14,15)/t8-,9-/m1/s1. The van der Waals surface area contributed by atoms with Crippen LogP contribution in [0.2, 0.25) is 0 Å². The van der Waals surface area contributed by atoms with Crippen molar-refractivity contribution in [3.8, 4) is 0 Å². The number of amides is 1. The molecule has 0 aliphatic carbocycles. The molecule has 2 N–H and O–H groups in total. The summed E-state index contributed by atoms with van der Waals surface area (Å²) in [5.74, 6) is -1.45. The summed E-state index contributed by atoms with van der Waals surface area (Å²) in [4.78, 5) is 22.4. The second-order valence-electron chi connectivity index (χ2n) is 4.98. The van der Waals surface area contributed by atoms with Crippen LogP contribution in [0.15, 0.2) is 0 Å². The molecule has 1 amide bonds. The predicted octanol–water partition coefficient (Wildman–Crippen LogP) is -0.363. The maximum atomic E-state index is 11.9. The van der Waals surface area contributed by atoms with Gasteiger partial charge in [0.25, 0.3) is 0 Å². The van der Waals surface area contributed by atoms with Gasteiger partial charge in [0.05, 0.1) is 6.26 Å². The third-order valence-corrected chi connectivity index (χ3v) is 4.37. The van der Waals surface area contributed by atoms with Crippen molar-refractivity contribution in [2.75, 3.05) is 19.3 Å². The normalized spacial score (nSPS) is 22.1. The van der Waals surface area contributed by atoms with Crippen LogP contribution in [-0.4, -0.2) is 55.1 Å². The van der Waals surface area contributed by atoms with Crippen molar-refractivity contribution in [3.05, 3.63) is 0 Å². The number of aliphatic carboxylic acids is 1. The van der Waals surface area contributed by atoms with Crippen molar-refractivity contribution in [1.29, 1.82) is 0 Å². The highest BCUT2D eigenvalue weighted by Crippen LogP contribution is 2.20. The van der Waals surface area contributed by atoms with Crippen molar-refractivity contribution in [2.24, 2.45) is 5.92 Å². The SMILES string of the molecule is C[C@@H](CNC(=O)[C@H]1CCCN1S(C)(=O)=O)CC(=O)O. The molecule has 19 heavy (non-hydrogen) atoms. The number of carboxylic acid groups (broad SMARTS) is 1. The summed E-state index contributed by atoms with van der Waals surface area (Å²) in [5.41, 5.74) is 0. The fourth-order valence-electron chi connectivity index (χ4n) is 2.16. The number of rotatable bonds is 6. The topological polar surface area (TPSA) is 104 Å². The van der Waals surface area contributed by atoms with Crippen LogP contribution in [0.4, 0.5) is 0 Å². The van der Waals surface area contributed by atoms with Gasteiger partial charge in [-0.15, -0.1) is 0 Å². The summed E-state index contributed by atoms with van der Waals surface area (Å²) < 4.78 is 24.2. The summed E-state index contributed by atoms with van der Waals surface area (Å²) >= 11 is 0. The zero-order chi connectivity index (χ0) is 14.6. The Balaban J connectivity index is 2.52. The first-order valence-electron chi connectivity index (χ1n) is 6.18. The molecule has 0 saturated carbocycles. The van der Waals surface area contributed by atoms with Crippen LogP contribution in [0, 0.1) is 5.92 Å². The summed E-state index contributed by atoms with van der Waals surface area (Å²) in [7, 11) is -3.38. The summed E-state index contributed by atoms with van der Waals surface area (Å²) in [6.45, 7) is 2.32. The number of nitrogens with one attached hydrogen (secondary N) is 1. The number of hydrogen-bond acceptors (Lipinski definition) is 4. The zero-order valence-corrected chi connectivity index (χ0v) is 11.9. The van der Waals surface area contributed by atoms with E-state index in [0.29, 0.717) is 19.4 Å². The van der Waals surface area contributed by atoms with Gasteiger partial charge in [-0.3, -0.25) is 9.59 Å². The lowest BCUT2D eigenvalue weighted by molar-refractivity contribution is -0.138. The van der Waals surface area contributed by atoms with Crippen LogP contribution in [0.1, 0.15) is 26.2 Å². The molecular weight excluding hydrogens is 272 g/mol. The molecule has 0 aromatic rings. The fraction of sp³-hybridized carbons (Fsp3) is 0.818. The van der Waals surface area contributed by atoms with Gasteiger partial charge in [-0.25, -0.2) is 8.42 Å². The highest BCUT2D eigenvalue weighted by atomic mass is 32.2. The van der Waals surface area contributed by atoms with Crippen LogP contribution in [0.25, 0.3) is 0 Å². The molecule has 0 spiro atoms. The first kappa shape index (κ1) is 15.9. The Morgan fingerprint density at radius 1 is 1.47 bits per heavy atom. The first-order chi connectivity index (χ1) is 8.71. The molecule has 7 nitrogen and oxygen atoms in total. The summed E-state index contributed by atoms with van der Waals surface area (Å²) in [5, 5.41) is 11.2. The molecule has 1 fully saturated rings. The van der Waals surface area contributed by atoms with E-state index < -0.39 is 22.0 Å². The zero-order valence-electron chi connectivity index (χ0n) is 11.1. The molecule has 0 bridgehead atoms.